The number of ether oxygens (including phenoxy) is 1. The Bertz CT molecular complexity index is 251. The molecule has 66 valence electrons. The summed E-state index contributed by atoms with van der Waals surface area (Å²) in [6, 6.07) is 0. The van der Waals surface area contributed by atoms with Crippen molar-refractivity contribution >= 4 is 29.1 Å². The Kier molecular flexibility index (Phi) is 2.59. The van der Waals surface area contributed by atoms with Gasteiger partial charge in [0.2, 0.25) is 5.90 Å². The average molecular weight is 187 g/mol. The molecule has 0 spiro atoms. The van der Waals surface area contributed by atoms with Crippen LogP contribution in [0, 0.1) is 0 Å². The van der Waals surface area contributed by atoms with Crippen LogP contribution in [-0.2, 0) is 9.53 Å². The fourth-order valence-electron chi connectivity index (χ4n) is 0.826. The molecule has 2 N–H and O–H groups in total. The van der Waals surface area contributed by atoms with Crippen LogP contribution in [0.4, 0.5) is 0 Å². The molecule has 5 nitrogen and oxygen atoms in total. The van der Waals surface area contributed by atoms with Gasteiger partial charge in [-0.3, -0.25) is 4.79 Å². The maximum absolute atomic E-state index is 11.1. The quantitative estimate of drug-likeness (QED) is 0.578. The normalized spacial score (nSPS) is 16.2. The van der Waals surface area contributed by atoms with E-state index in [4.69, 9.17) is 10.5 Å². The number of thiocarbonyl (C=S) groups is 1. The molecule has 0 saturated carbocycles. The van der Waals surface area contributed by atoms with Crippen molar-refractivity contribution in [3.8, 4) is 0 Å². The van der Waals surface area contributed by atoms with Gasteiger partial charge >= 0.3 is 0 Å². The molecule has 1 amide bonds. The molecule has 0 aromatic heterocycles. The minimum absolute atomic E-state index is 0.0466. The molecule has 1 aliphatic heterocycles. The maximum Gasteiger partial charge on any atom is 0.258 e. The molecular weight excluding hydrogens is 178 g/mol. The van der Waals surface area contributed by atoms with E-state index < -0.39 is 0 Å². The highest BCUT2D eigenvalue weighted by Gasteiger charge is 2.26. The van der Waals surface area contributed by atoms with E-state index in [1.54, 1.807) is 0 Å². The maximum atomic E-state index is 11.1. The lowest BCUT2D eigenvalue weighted by atomic mass is 10.4. The van der Waals surface area contributed by atoms with Gasteiger partial charge in [0, 0.05) is 0 Å². The van der Waals surface area contributed by atoms with Crippen molar-refractivity contribution in [2.24, 2.45) is 10.8 Å². The third-order valence-electron chi connectivity index (χ3n) is 1.27. The van der Waals surface area contributed by atoms with Crippen LogP contribution >= 0.6 is 12.2 Å². The van der Waals surface area contributed by atoms with E-state index in [9.17, 15) is 4.79 Å². The predicted molar refractivity (Wildman–Crippen MR) is 47.3 cm³/mol. The van der Waals surface area contributed by atoms with Crippen LogP contribution < -0.4 is 5.73 Å². The first kappa shape index (κ1) is 8.92. The summed E-state index contributed by atoms with van der Waals surface area (Å²) >= 11 is 4.59. The lowest BCUT2D eigenvalue weighted by Gasteiger charge is -2.05. The van der Waals surface area contributed by atoms with Gasteiger partial charge in [-0.15, -0.1) is 5.10 Å². The van der Waals surface area contributed by atoms with E-state index in [-0.39, 0.29) is 17.4 Å². The number of carbonyl (C=O) groups excluding carboxylic acids is 1. The Hall–Kier alpha value is -1.17. The molecular formula is C6H9N3O2S. The summed E-state index contributed by atoms with van der Waals surface area (Å²) in [6.07, 6.45) is 0.144. The highest BCUT2D eigenvalue weighted by Crippen LogP contribution is 2.08. The minimum atomic E-state index is -0.244. The number of rotatable bonds is 1. The van der Waals surface area contributed by atoms with Gasteiger partial charge in [-0.05, 0) is 19.1 Å². The van der Waals surface area contributed by atoms with Gasteiger partial charge in [0.1, 0.15) is 6.42 Å². The molecule has 1 rings (SSSR count). The van der Waals surface area contributed by atoms with Gasteiger partial charge < -0.3 is 10.5 Å². The zero-order valence-corrected chi connectivity index (χ0v) is 7.43. The van der Waals surface area contributed by atoms with Crippen LogP contribution in [0.25, 0.3) is 0 Å². The smallest absolute Gasteiger partial charge is 0.258 e. The Morgan fingerprint density at radius 2 is 2.58 bits per heavy atom. The van der Waals surface area contributed by atoms with E-state index in [0.717, 1.165) is 5.01 Å². The molecule has 0 radical (unpaired) electrons. The molecule has 1 heterocycles. The van der Waals surface area contributed by atoms with E-state index in [1.807, 2.05) is 6.92 Å². The van der Waals surface area contributed by atoms with E-state index in [2.05, 4.69) is 17.3 Å². The highest BCUT2D eigenvalue weighted by molar-refractivity contribution is 7.80. The topological polar surface area (TPSA) is 67.9 Å². The molecule has 1 aliphatic rings. The van der Waals surface area contributed by atoms with Crippen LogP contribution in [0.5, 0.6) is 0 Å². The molecule has 0 aliphatic carbocycles. The van der Waals surface area contributed by atoms with Crippen molar-refractivity contribution < 1.29 is 9.53 Å². The number of nitrogens with two attached hydrogens (primary N) is 1. The summed E-state index contributed by atoms with van der Waals surface area (Å²) in [5, 5.41) is 4.70. The molecule has 0 aromatic rings. The van der Waals surface area contributed by atoms with Crippen molar-refractivity contribution in [1.82, 2.24) is 5.01 Å². The first-order valence-corrected chi connectivity index (χ1v) is 3.88. The second kappa shape index (κ2) is 3.48. The Morgan fingerprint density at radius 3 is 3.00 bits per heavy atom. The van der Waals surface area contributed by atoms with Gasteiger partial charge in [-0.25, -0.2) is 0 Å². The number of hydrogen-bond acceptors (Lipinski definition) is 4. The molecule has 12 heavy (non-hydrogen) atoms. The van der Waals surface area contributed by atoms with Crippen molar-refractivity contribution in [2.75, 3.05) is 6.61 Å². The molecule has 0 bridgehead atoms. The SMILES string of the molecule is CCOC1=NN(C(N)=S)C(=O)C1. The standard InChI is InChI=1S/C6H9N3O2S/c1-2-11-4-3-5(10)9(8-4)6(7)12/h2-3H2,1H3,(H2,7,12). The Labute approximate surface area is 75.2 Å². The van der Waals surface area contributed by atoms with Crippen LogP contribution in [0.1, 0.15) is 13.3 Å². The monoisotopic (exact) mass is 187 g/mol. The lowest BCUT2D eigenvalue weighted by Crippen LogP contribution is -2.32. The first-order chi connectivity index (χ1) is 5.65. The Morgan fingerprint density at radius 1 is 1.92 bits per heavy atom. The van der Waals surface area contributed by atoms with Gasteiger partial charge in [-0.1, -0.05) is 0 Å². The zero-order chi connectivity index (χ0) is 9.14. The largest absolute Gasteiger partial charge is 0.480 e. The molecule has 0 unspecified atom stereocenters. The van der Waals surface area contributed by atoms with Crippen molar-refractivity contribution in [3.63, 3.8) is 0 Å². The van der Waals surface area contributed by atoms with Gasteiger partial charge in [0.05, 0.1) is 6.61 Å². The number of carbonyl (C=O) groups is 1. The van der Waals surface area contributed by atoms with Crippen LogP contribution in [-0.4, -0.2) is 28.5 Å². The van der Waals surface area contributed by atoms with Crippen LogP contribution in [0.2, 0.25) is 0 Å². The molecule has 6 heteroatoms. The van der Waals surface area contributed by atoms with Crippen molar-refractivity contribution in [1.29, 1.82) is 0 Å². The second-order valence-electron chi connectivity index (χ2n) is 2.15. The number of nitrogens with zero attached hydrogens (tertiary/aromatic N) is 2. The van der Waals surface area contributed by atoms with Crippen LogP contribution in [0.15, 0.2) is 5.10 Å². The summed E-state index contributed by atoms with van der Waals surface area (Å²) in [5.41, 5.74) is 5.22. The average Bonchev–Trinajstić information content (AvgIpc) is 2.32. The van der Waals surface area contributed by atoms with Crippen molar-refractivity contribution in [3.05, 3.63) is 0 Å². The summed E-state index contributed by atoms with van der Waals surface area (Å²) in [4.78, 5) is 11.1. The van der Waals surface area contributed by atoms with E-state index in [1.165, 1.54) is 0 Å². The second-order valence-corrected chi connectivity index (χ2v) is 2.57. The minimum Gasteiger partial charge on any atom is -0.480 e. The first-order valence-electron chi connectivity index (χ1n) is 3.47. The fraction of sp³-hybridized carbons (Fsp3) is 0.500. The number of amides is 1. The molecule has 0 saturated heterocycles. The summed E-state index contributed by atoms with van der Waals surface area (Å²) < 4.78 is 5.03. The number of hydrogen-bond donors (Lipinski definition) is 1. The molecule has 0 atom stereocenters. The predicted octanol–water partition coefficient (Wildman–Crippen LogP) is -0.188. The molecule has 0 aromatic carbocycles. The third-order valence-corrected chi connectivity index (χ3v) is 1.44. The Balaban J connectivity index is 2.66. The highest BCUT2D eigenvalue weighted by atomic mass is 32.1. The summed E-state index contributed by atoms with van der Waals surface area (Å²) in [7, 11) is 0. The van der Waals surface area contributed by atoms with Gasteiger partial charge in [0.15, 0.2) is 5.11 Å². The van der Waals surface area contributed by atoms with Gasteiger partial charge in [-0.2, -0.15) is 5.01 Å². The summed E-state index contributed by atoms with van der Waals surface area (Å²) in [6.45, 7) is 2.30. The lowest BCUT2D eigenvalue weighted by molar-refractivity contribution is -0.125. The fourth-order valence-corrected chi connectivity index (χ4v) is 0.968. The van der Waals surface area contributed by atoms with Gasteiger partial charge in [0.25, 0.3) is 5.91 Å². The van der Waals surface area contributed by atoms with Crippen molar-refractivity contribution in [2.45, 2.75) is 13.3 Å². The number of hydrazone groups is 1. The zero-order valence-electron chi connectivity index (χ0n) is 6.61. The molecule has 0 fully saturated rings. The summed E-state index contributed by atoms with van der Waals surface area (Å²) in [5.74, 6) is 0.126. The van der Waals surface area contributed by atoms with E-state index >= 15 is 0 Å². The third kappa shape index (κ3) is 1.70. The van der Waals surface area contributed by atoms with E-state index in [0.29, 0.717) is 12.5 Å². The van der Waals surface area contributed by atoms with Crippen LogP contribution in [0.3, 0.4) is 0 Å².